The summed E-state index contributed by atoms with van der Waals surface area (Å²) in [5.41, 5.74) is 7.98. The molecule has 0 aromatic heterocycles. The van der Waals surface area contributed by atoms with Crippen molar-refractivity contribution in [1.82, 2.24) is 0 Å². The van der Waals surface area contributed by atoms with E-state index in [1.807, 2.05) is 0 Å². The molecular weight excluding hydrogens is 340 g/mol. The molecule has 0 radical (unpaired) electrons. The predicted molar refractivity (Wildman–Crippen MR) is 122 cm³/mol. The lowest BCUT2D eigenvalue weighted by Crippen LogP contribution is -2.37. The number of rotatable bonds is 4. The van der Waals surface area contributed by atoms with E-state index >= 15 is 0 Å². The molecule has 0 heterocycles. The van der Waals surface area contributed by atoms with Gasteiger partial charge in [0.25, 0.3) is 0 Å². The normalized spacial score (nSPS) is 18.9. The van der Waals surface area contributed by atoms with E-state index in [2.05, 4.69) is 75.1 Å². The Kier molecular flexibility index (Phi) is 4.92. The maximum absolute atomic E-state index is 2.52. The summed E-state index contributed by atoms with van der Waals surface area (Å²) >= 11 is 0. The standard InChI is InChI=1S/C26H34Si/c1-26(15-6-5-7-16-26)19-20-17-22-9-8-10-24(25(22)18-20)21-11-13-23(14-12-21)27(2,3)4/h8-14,18H,5-7,15-17,19H2,1-4H3. The van der Waals surface area contributed by atoms with Crippen molar-refractivity contribution in [2.24, 2.45) is 5.41 Å². The summed E-state index contributed by atoms with van der Waals surface area (Å²) in [4.78, 5) is 0. The fourth-order valence-corrected chi connectivity index (χ4v) is 6.25. The quantitative estimate of drug-likeness (QED) is 0.496. The summed E-state index contributed by atoms with van der Waals surface area (Å²) in [6, 6.07) is 16.3. The van der Waals surface area contributed by atoms with E-state index in [1.165, 1.54) is 60.8 Å². The van der Waals surface area contributed by atoms with E-state index in [0.29, 0.717) is 5.41 Å². The van der Waals surface area contributed by atoms with Crippen LogP contribution < -0.4 is 5.19 Å². The first-order valence-electron chi connectivity index (χ1n) is 10.8. The van der Waals surface area contributed by atoms with Crippen molar-refractivity contribution in [1.29, 1.82) is 0 Å². The molecule has 1 saturated carbocycles. The van der Waals surface area contributed by atoms with Crippen molar-refractivity contribution in [3.8, 4) is 11.1 Å². The third kappa shape index (κ3) is 3.99. The molecule has 0 spiro atoms. The van der Waals surface area contributed by atoms with Gasteiger partial charge in [-0.1, -0.05) is 105 Å². The van der Waals surface area contributed by atoms with Crippen molar-refractivity contribution in [2.75, 3.05) is 0 Å². The van der Waals surface area contributed by atoms with E-state index in [4.69, 9.17) is 0 Å². The van der Waals surface area contributed by atoms with Gasteiger partial charge in [0.15, 0.2) is 0 Å². The van der Waals surface area contributed by atoms with Crippen molar-refractivity contribution in [3.05, 3.63) is 59.2 Å². The molecule has 0 amide bonds. The summed E-state index contributed by atoms with van der Waals surface area (Å²) in [6.45, 7) is 9.78. The summed E-state index contributed by atoms with van der Waals surface area (Å²) in [6.07, 6.45) is 12.1. The van der Waals surface area contributed by atoms with Gasteiger partial charge in [-0.15, -0.1) is 0 Å². The fourth-order valence-electron chi connectivity index (χ4n) is 5.08. The zero-order valence-corrected chi connectivity index (χ0v) is 18.6. The van der Waals surface area contributed by atoms with Crippen LogP contribution in [0.2, 0.25) is 19.6 Å². The van der Waals surface area contributed by atoms with E-state index in [1.54, 1.807) is 10.8 Å². The molecule has 0 atom stereocenters. The van der Waals surface area contributed by atoms with E-state index < -0.39 is 8.07 Å². The molecule has 0 unspecified atom stereocenters. The number of hydrogen-bond donors (Lipinski definition) is 0. The van der Waals surface area contributed by atoms with Crippen LogP contribution in [0.15, 0.2) is 48.0 Å². The summed E-state index contributed by atoms with van der Waals surface area (Å²) in [7, 11) is -1.23. The SMILES string of the molecule is CC1(CC2=Cc3c(cccc3-c3ccc([Si](C)(C)C)cc3)C2)CCCCC1. The molecule has 2 aliphatic carbocycles. The summed E-state index contributed by atoms with van der Waals surface area (Å²) < 4.78 is 0. The molecule has 0 N–H and O–H groups in total. The van der Waals surface area contributed by atoms with Crippen LogP contribution in [0.1, 0.15) is 56.6 Å². The molecule has 0 aliphatic heterocycles. The number of hydrogen-bond acceptors (Lipinski definition) is 0. The van der Waals surface area contributed by atoms with Gasteiger partial charge in [-0.3, -0.25) is 0 Å². The second kappa shape index (κ2) is 7.09. The van der Waals surface area contributed by atoms with Crippen LogP contribution >= 0.6 is 0 Å². The zero-order valence-electron chi connectivity index (χ0n) is 17.6. The largest absolute Gasteiger partial charge is 0.0775 e. The molecule has 1 heteroatoms. The molecule has 142 valence electrons. The van der Waals surface area contributed by atoms with Gasteiger partial charge in [0.05, 0.1) is 8.07 Å². The topological polar surface area (TPSA) is 0 Å². The van der Waals surface area contributed by atoms with Crippen LogP contribution in [0.25, 0.3) is 17.2 Å². The molecule has 2 aliphatic rings. The zero-order chi connectivity index (χ0) is 19.1. The molecule has 4 rings (SSSR count). The summed E-state index contributed by atoms with van der Waals surface area (Å²) in [5.74, 6) is 0. The fraction of sp³-hybridized carbons (Fsp3) is 0.462. The number of fused-ring (bicyclic) bond motifs is 1. The molecule has 2 aromatic rings. The first-order chi connectivity index (χ1) is 12.8. The van der Waals surface area contributed by atoms with E-state index in [9.17, 15) is 0 Å². The van der Waals surface area contributed by atoms with Crippen LogP contribution in [-0.2, 0) is 6.42 Å². The van der Waals surface area contributed by atoms with Crippen LogP contribution in [0, 0.1) is 5.41 Å². The molecule has 27 heavy (non-hydrogen) atoms. The van der Waals surface area contributed by atoms with E-state index in [-0.39, 0.29) is 0 Å². The van der Waals surface area contributed by atoms with Crippen LogP contribution in [0.4, 0.5) is 0 Å². The Morgan fingerprint density at radius 2 is 1.59 bits per heavy atom. The van der Waals surface area contributed by atoms with Crippen molar-refractivity contribution in [2.45, 2.75) is 71.5 Å². The Labute approximate surface area is 166 Å². The molecular formula is C26H34Si. The Balaban J connectivity index is 1.61. The minimum absolute atomic E-state index is 0.533. The molecule has 1 fully saturated rings. The average Bonchev–Trinajstić information content (AvgIpc) is 3.03. The molecule has 0 saturated heterocycles. The lowest BCUT2D eigenvalue weighted by Gasteiger charge is -2.34. The minimum Gasteiger partial charge on any atom is -0.0656 e. The molecule has 2 aromatic carbocycles. The van der Waals surface area contributed by atoms with Crippen LogP contribution in [0.5, 0.6) is 0 Å². The number of allylic oxidation sites excluding steroid dienone is 1. The van der Waals surface area contributed by atoms with E-state index in [0.717, 1.165) is 6.42 Å². The predicted octanol–water partition coefficient (Wildman–Crippen LogP) is 7.20. The first kappa shape index (κ1) is 18.7. The van der Waals surface area contributed by atoms with Gasteiger partial charge in [0, 0.05) is 0 Å². The Hall–Kier alpha value is -1.60. The second-order valence-corrected chi connectivity index (χ2v) is 15.3. The van der Waals surface area contributed by atoms with Crippen molar-refractivity contribution in [3.63, 3.8) is 0 Å². The highest BCUT2D eigenvalue weighted by molar-refractivity contribution is 6.88. The monoisotopic (exact) mass is 374 g/mol. The molecule has 0 nitrogen and oxygen atoms in total. The van der Waals surface area contributed by atoms with Crippen LogP contribution in [-0.4, -0.2) is 8.07 Å². The van der Waals surface area contributed by atoms with Crippen molar-refractivity contribution >= 4 is 19.3 Å². The Bertz CT molecular complexity index is 843. The number of benzene rings is 2. The second-order valence-electron chi connectivity index (χ2n) is 10.2. The Morgan fingerprint density at radius 1 is 0.889 bits per heavy atom. The van der Waals surface area contributed by atoms with Gasteiger partial charge in [-0.25, -0.2) is 0 Å². The maximum atomic E-state index is 2.52. The third-order valence-corrected chi connectivity index (χ3v) is 8.80. The van der Waals surface area contributed by atoms with Crippen LogP contribution in [0.3, 0.4) is 0 Å². The van der Waals surface area contributed by atoms with Gasteiger partial charge in [-0.05, 0) is 53.4 Å². The maximum Gasteiger partial charge on any atom is 0.0775 e. The van der Waals surface area contributed by atoms with Gasteiger partial charge in [-0.2, -0.15) is 0 Å². The minimum atomic E-state index is -1.23. The van der Waals surface area contributed by atoms with Gasteiger partial charge in [0.2, 0.25) is 0 Å². The smallest absolute Gasteiger partial charge is 0.0656 e. The molecule has 0 bridgehead atoms. The third-order valence-electron chi connectivity index (χ3n) is 6.74. The van der Waals surface area contributed by atoms with Gasteiger partial charge < -0.3 is 0 Å². The lowest BCUT2D eigenvalue weighted by molar-refractivity contribution is 0.214. The first-order valence-corrected chi connectivity index (χ1v) is 14.3. The highest BCUT2D eigenvalue weighted by atomic mass is 28.3. The highest BCUT2D eigenvalue weighted by Gasteiger charge is 2.29. The summed E-state index contributed by atoms with van der Waals surface area (Å²) in [5, 5.41) is 1.54. The van der Waals surface area contributed by atoms with Gasteiger partial charge >= 0.3 is 0 Å². The van der Waals surface area contributed by atoms with Crippen molar-refractivity contribution < 1.29 is 0 Å². The lowest BCUT2D eigenvalue weighted by atomic mass is 9.71. The Morgan fingerprint density at radius 3 is 2.26 bits per heavy atom. The highest BCUT2D eigenvalue weighted by Crippen LogP contribution is 2.44. The van der Waals surface area contributed by atoms with Gasteiger partial charge in [0.1, 0.15) is 0 Å². The average molecular weight is 375 g/mol.